The minimum absolute atomic E-state index is 0.0772. The van der Waals surface area contributed by atoms with Crippen LogP contribution in [-0.2, 0) is 12.7 Å². The van der Waals surface area contributed by atoms with Crippen LogP contribution in [0.2, 0.25) is 0 Å². The van der Waals surface area contributed by atoms with Gasteiger partial charge in [0.25, 0.3) is 0 Å². The zero-order valence-corrected chi connectivity index (χ0v) is 12.4. The second kappa shape index (κ2) is 7.87. The van der Waals surface area contributed by atoms with Crippen molar-refractivity contribution in [1.29, 1.82) is 0 Å². The number of benzene rings is 1. The van der Waals surface area contributed by atoms with Gasteiger partial charge in [0.1, 0.15) is 0 Å². The second-order valence-corrected chi connectivity index (χ2v) is 5.09. The van der Waals surface area contributed by atoms with E-state index in [-0.39, 0.29) is 4.47 Å². The fourth-order valence-electron chi connectivity index (χ4n) is 1.61. The number of rotatable bonds is 7. The molecule has 1 aromatic rings. The lowest BCUT2D eigenvalue weighted by Gasteiger charge is -2.12. The minimum atomic E-state index is -4.32. The van der Waals surface area contributed by atoms with Crippen molar-refractivity contribution in [3.05, 3.63) is 33.8 Å². The van der Waals surface area contributed by atoms with Crippen LogP contribution < -0.4 is 10.6 Å². The van der Waals surface area contributed by atoms with Crippen LogP contribution in [0, 0.1) is 0 Å². The standard InChI is InChI=1S/C13H18BrF3N2/c1-2-5-18-6-7-19-9-10-3-4-12(14)11(8-10)13(15,16)17/h3-4,8,18-19H,2,5-7,9H2,1H3. The van der Waals surface area contributed by atoms with Gasteiger partial charge in [-0.3, -0.25) is 0 Å². The van der Waals surface area contributed by atoms with E-state index >= 15 is 0 Å². The van der Waals surface area contributed by atoms with Crippen LogP contribution in [0.15, 0.2) is 22.7 Å². The van der Waals surface area contributed by atoms with Crippen LogP contribution in [0.25, 0.3) is 0 Å². The molecule has 0 fully saturated rings. The number of alkyl halides is 3. The number of hydrogen-bond acceptors (Lipinski definition) is 2. The van der Waals surface area contributed by atoms with Gasteiger partial charge < -0.3 is 10.6 Å². The molecule has 0 aliphatic carbocycles. The summed E-state index contributed by atoms with van der Waals surface area (Å²) in [4.78, 5) is 0. The topological polar surface area (TPSA) is 24.1 Å². The Kier molecular flexibility index (Phi) is 6.82. The Balaban J connectivity index is 2.47. The maximum Gasteiger partial charge on any atom is 0.417 e. The molecular formula is C13H18BrF3N2. The van der Waals surface area contributed by atoms with Crippen molar-refractivity contribution < 1.29 is 13.2 Å². The third kappa shape index (κ3) is 5.93. The van der Waals surface area contributed by atoms with Gasteiger partial charge in [-0.1, -0.05) is 28.9 Å². The van der Waals surface area contributed by atoms with Crippen molar-refractivity contribution in [3.8, 4) is 0 Å². The summed E-state index contributed by atoms with van der Waals surface area (Å²) < 4.78 is 38.2. The first-order chi connectivity index (χ1) is 8.95. The lowest BCUT2D eigenvalue weighted by atomic mass is 10.1. The molecule has 0 amide bonds. The Morgan fingerprint density at radius 3 is 2.42 bits per heavy atom. The molecule has 0 spiro atoms. The molecule has 0 aromatic heterocycles. The fourth-order valence-corrected chi connectivity index (χ4v) is 2.08. The molecular weight excluding hydrogens is 321 g/mol. The van der Waals surface area contributed by atoms with Crippen LogP contribution in [-0.4, -0.2) is 19.6 Å². The van der Waals surface area contributed by atoms with Gasteiger partial charge >= 0.3 is 6.18 Å². The molecule has 2 N–H and O–H groups in total. The van der Waals surface area contributed by atoms with E-state index in [0.717, 1.165) is 26.1 Å². The van der Waals surface area contributed by atoms with Gasteiger partial charge in [0.05, 0.1) is 5.56 Å². The maximum absolute atomic E-state index is 12.7. The summed E-state index contributed by atoms with van der Waals surface area (Å²) in [6.07, 6.45) is -3.25. The Bertz CT molecular complexity index is 394. The number of halogens is 4. The summed E-state index contributed by atoms with van der Waals surface area (Å²) >= 11 is 2.93. The van der Waals surface area contributed by atoms with Crippen molar-refractivity contribution in [2.45, 2.75) is 26.1 Å². The zero-order chi connectivity index (χ0) is 14.3. The van der Waals surface area contributed by atoms with E-state index in [1.165, 1.54) is 12.1 Å². The first-order valence-electron chi connectivity index (χ1n) is 6.22. The van der Waals surface area contributed by atoms with E-state index in [4.69, 9.17) is 0 Å². The van der Waals surface area contributed by atoms with Gasteiger partial charge in [0.15, 0.2) is 0 Å². The number of nitrogens with one attached hydrogen (secondary N) is 2. The smallest absolute Gasteiger partial charge is 0.315 e. The summed E-state index contributed by atoms with van der Waals surface area (Å²) in [7, 11) is 0. The van der Waals surface area contributed by atoms with Gasteiger partial charge in [-0.25, -0.2) is 0 Å². The fraction of sp³-hybridized carbons (Fsp3) is 0.538. The van der Waals surface area contributed by atoms with Crippen LogP contribution >= 0.6 is 15.9 Å². The molecule has 0 heterocycles. The van der Waals surface area contributed by atoms with E-state index < -0.39 is 11.7 Å². The van der Waals surface area contributed by atoms with E-state index in [1.54, 1.807) is 6.07 Å². The second-order valence-electron chi connectivity index (χ2n) is 4.24. The SMILES string of the molecule is CCCNCCNCc1ccc(Br)c(C(F)(F)F)c1. The largest absolute Gasteiger partial charge is 0.417 e. The maximum atomic E-state index is 12.7. The minimum Gasteiger partial charge on any atom is -0.315 e. The average Bonchev–Trinajstić information content (AvgIpc) is 2.34. The average molecular weight is 339 g/mol. The van der Waals surface area contributed by atoms with Gasteiger partial charge in [0, 0.05) is 24.1 Å². The highest BCUT2D eigenvalue weighted by Crippen LogP contribution is 2.35. The van der Waals surface area contributed by atoms with E-state index in [1.807, 2.05) is 0 Å². The molecule has 1 aromatic carbocycles. The molecule has 0 aliphatic heterocycles. The van der Waals surface area contributed by atoms with Crippen LogP contribution in [0.4, 0.5) is 13.2 Å². The normalized spacial score (nSPS) is 11.8. The third-order valence-corrected chi connectivity index (χ3v) is 3.26. The molecule has 0 unspecified atom stereocenters. The lowest BCUT2D eigenvalue weighted by Crippen LogP contribution is -2.27. The molecule has 6 heteroatoms. The molecule has 0 atom stereocenters. The van der Waals surface area contributed by atoms with Gasteiger partial charge in [0.2, 0.25) is 0 Å². The van der Waals surface area contributed by atoms with Crippen LogP contribution in [0.3, 0.4) is 0 Å². The Morgan fingerprint density at radius 1 is 1.11 bits per heavy atom. The van der Waals surface area contributed by atoms with Crippen molar-refractivity contribution in [2.75, 3.05) is 19.6 Å². The molecule has 19 heavy (non-hydrogen) atoms. The Labute approximate surface area is 119 Å². The summed E-state index contributed by atoms with van der Waals surface area (Å²) in [6, 6.07) is 4.30. The predicted octanol–water partition coefficient (Wildman–Crippen LogP) is 3.56. The Hall–Kier alpha value is -0.590. The lowest BCUT2D eigenvalue weighted by molar-refractivity contribution is -0.138. The molecule has 0 bridgehead atoms. The summed E-state index contributed by atoms with van der Waals surface area (Å²) in [5.41, 5.74) is 0.00178. The zero-order valence-electron chi connectivity index (χ0n) is 10.8. The quantitative estimate of drug-likeness (QED) is 0.743. The van der Waals surface area contributed by atoms with E-state index in [2.05, 4.69) is 33.5 Å². The highest BCUT2D eigenvalue weighted by Gasteiger charge is 2.32. The summed E-state index contributed by atoms with van der Waals surface area (Å²) in [5, 5.41) is 6.33. The van der Waals surface area contributed by atoms with Crippen LogP contribution in [0.5, 0.6) is 0 Å². The van der Waals surface area contributed by atoms with Crippen molar-refractivity contribution in [3.63, 3.8) is 0 Å². The van der Waals surface area contributed by atoms with Gasteiger partial charge in [-0.2, -0.15) is 13.2 Å². The molecule has 0 saturated carbocycles. The van der Waals surface area contributed by atoms with Crippen molar-refractivity contribution in [1.82, 2.24) is 10.6 Å². The molecule has 1 rings (SSSR count). The van der Waals surface area contributed by atoms with Crippen LogP contribution in [0.1, 0.15) is 24.5 Å². The molecule has 2 nitrogen and oxygen atoms in total. The highest BCUT2D eigenvalue weighted by atomic mass is 79.9. The monoisotopic (exact) mass is 338 g/mol. The molecule has 0 saturated heterocycles. The van der Waals surface area contributed by atoms with Gasteiger partial charge in [-0.15, -0.1) is 0 Å². The highest BCUT2D eigenvalue weighted by molar-refractivity contribution is 9.10. The summed E-state index contributed by atoms with van der Waals surface area (Å²) in [5.74, 6) is 0. The number of hydrogen-bond donors (Lipinski definition) is 2. The van der Waals surface area contributed by atoms with E-state index in [9.17, 15) is 13.2 Å². The third-order valence-electron chi connectivity index (χ3n) is 2.57. The first kappa shape index (κ1) is 16.5. The molecule has 108 valence electrons. The first-order valence-corrected chi connectivity index (χ1v) is 7.01. The Morgan fingerprint density at radius 2 is 1.79 bits per heavy atom. The van der Waals surface area contributed by atoms with Gasteiger partial charge in [-0.05, 0) is 30.7 Å². The molecule has 0 aliphatic rings. The van der Waals surface area contributed by atoms with Crippen molar-refractivity contribution >= 4 is 15.9 Å². The summed E-state index contributed by atoms with van der Waals surface area (Å²) in [6.45, 7) is 5.02. The molecule has 0 radical (unpaired) electrons. The predicted molar refractivity (Wildman–Crippen MR) is 74.0 cm³/mol. The van der Waals surface area contributed by atoms with E-state index in [0.29, 0.717) is 12.1 Å². The van der Waals surface area contributed by atoms with Crippen molar-refractivity contribution in [2.24, 2.45) is 0 Å².